The topological polar surface area (TPSA) is 25.8 Å². The van der Waals surface area contributed by atoms with Gasteiger partial charge in [0.1, 0.15) is 0 Å². The third-order valence-corrected chi connectivity index (χ3v) is 9.54. The van der Waals surface area contributed by atoms with E-state index in [0.717, 1.165) is 33.2 Å². The van der Waals surface area contributed by atoms with Crippen molar-refractivity contribution >= 4 is 49.8 Å². The maximum Gasteiger partial charge on any atom is 0.0974 e. The zero-order valence-electron chi connectivity index (χ0n) is 20.8. The van der Waals surface area contributed by atoms with Crippen LogP contribution in [0.25, 0.3) is 44.1 Å². The summed E-state index contributed by atoms with van der Waals surface area (Å²) in [7, 11) is -0.905. The van der Waals surface area contributed by atoms with E-state index in [1.165, 1.54) is 32.6 Å². The predicted octanol–water partition coefficient (Wildman–Crippen LogP) is 6.66. The number of nitrogens with zero attached hydrogens (tertiary/aromatic N) is 2. The van der Waals surface area contributed by atoms with E-state index >= 15 is 0 Å². The van der Waals surface area contributed by atoms with Gasteiger partial charge in [-0.25, -0.2) is 0 Å². The van der Waals surface area contributed by atoms with Crippen molar-refractivity contribution in [1.29, 1.82) is 0 Å². The number of hydrogen-bond acceptors (Lipinski definition) is 2. The van der Waals surface area contributed by atoms with Crippen LogP contribution in [0.3, 0.4) is 0 Å². The number of fused-ring (bicyclic) bond motifs is 3. The summed E-state index contributed by atoms with van der Waals surface area (Å²) in [5.74, 6) is 0. The molecule has 0 aliphatic rings. The molecule has 34 heavy (non-hydrogen) atoms. The van der Waals surface area contributed by atoms with Gasteiger partial charge in [-0.1, -0.05) is 97.2 Å². The largest absolute Gasteiger partial charge is 0.251 e. The van der Waals surface area contributed by atoms with Gasteiger partial charge < -0.3 is 0 Å². The summed E-state index contributed by atoms with van der Waals surface area (Å²) in [6.07, 6.45) is 0. The van der Waals surface area contributed by atoms with Crippen LogP contribution in [0.1, 0.15) is 11.4 Å². The Bertz CT molecular complexity index is 1390. The van der Waals surface area contributed by atoms with Crippen molar-refractivity contribution < 1.29 is 0 Å². The Morgan fingerprint density at radius 1 is 0.500 bits per heavy atom. The molecule has 3 aromatic carbocycles. The van der Waals surface area contributed by atoms with E-state index in [-0.39, 0.29) is 0 Å². The van der Waals surface area contributed by atoms with E-state index in [4.69, 9.17) is 9.97 Å². The Hall–Kier alpha value is -3.09. The van der Waals surface area contributed by atoms with E-state index < -0.39 is 17.6 Å². The number of hydrogen-bond donors (Lipinski definition) is 0. The SMILES string of the molecule is Cc1cc(-c2ccc([Si](C)C)cc2)c2ccc3c(-c4ccc([Si](C)C)cc4)cc(C)nc3c2n1. The van der Waals surface area contributed by atoms with E-state index in [0.29, 0.717) is 0 Å². The van der Waals surface area contributed by atoms with Crippen LogP contribution in [-0.2, 0) is 0 Å². The summed E-state index contributed by atoms with van der Waals surface area (Å²) in [5, 5.41) is 5.24. The molecule has 2 aromatic heterocycles. The lowest BCUT2D eigenvalue weighted by molar-refractivity contribution is 1.23. The molecule has 0 atom stereocenters. The Morgan fingerprint density at radius 2 is 0.853 bits per heavy atom. The Morgan fingerprint density at radius 3 is 1.18 bits per heavy atom. The fourth-order valence-corrected chi connectivity index (χ4v) is 6.34. The molecule has 4 heteroatoms. The van der Waals surface area contributed by atoms with Crippen molar-refractivity contribution in [2.45, 2.75) is 40.0 Å². The van der Waals surface area contributed by atoms with E-state index in [2.05, 4.69) is 113 Å². The number of aromatic nitrogens is 2. The highest BCUT2D eigenvalue weighted by molar-refractivity contribution is 6.71. The van der Waals surface area contributed by atoms with Crippen LogP contribution in [-0.4, -0.2) is 27.6 Å². The minimum absolute atomic E-state index is 0.453. The molecule has 0 fully saturated rings. The van der Waals surface area contributed by atoms with Crippen LogP contribution < -0.4 is 10.4 Å². The molecule has 0 aliphatic heterocycles. The molecule has 168 valence electrons. The molecule has 0 N–H and O–H groups in total. The van der Waals surface area contributed by atoms with Gasteiger partial charge in [0, 0.05) is 22.2 Å². The minimum Gasteiger partial charge on any atom is -0.251 e. The van der Waals surface area contributed by atoms with Crippen molar-refractivity contribution in [3.63, 3.8) is 0 Å². The highest BCUT2D eigenvalue weighted by Crippen LogP contribution is 2.36. The lowest BCUT2D eigenvalue weighted by Crippen LogP contribution is -2.21. The van der Waals surface area contributed by atoms with Gasteiger partial charge in [-0.2, -0.15) is 0 Å². The molecule has 2 radical (unpaired) electrons. The Labute approximate surface area is 205 Å². The quantitative estimate of drug-likeness (QED) is 0.215. The fraction of sp³-hybridized carbons (Fsp3) is 0.200. The van der Waals surface area contributed by atoms with Crippen LogP contribution in [0.5, 0.6) is 0 Å². The second-order valence-electron chi connectivity index (χ2n) is 9.63. The first-order valence-electron chi connectivity index (χ1n) is 11.9. The Balaban J connectivity index is 1.73. The summed E-state index contributed by atoms with van der Waals surface area (Å²) in [5.41, 5.74) is 8.94. The average molecular weight is 475 g/mol. The number of rotatable bonds is 4. The normalized spacial score (nSPS) is 11.8. The first-order valence-corrected chi connectivity index (χ1v) is 16.9. The van der Waals surface area contributed by atoms with Gasteiger partial charge in [0.2, 0.25) is 0 Å². The molecule has 2 nitrogen and oxygen atoms in total. The van der Waals surface area contributed by atoms with Gasteiger partial charge in [0.05, 0.1) is 28.6 Å². The average Bonchev–Trinajstić information content (AvgIpc) is 2.83. The molecule has 2 heterocycles. The standard InChI is InChI=1S/C30H30N2Si2/c1-19-17-27(21-7-11-23(12-8-21)33(3)4)25-15-16-26-28(18-20(2)32-30(26)29(25)31-19)22-9-13-24(14-10-22)34(5)6/h7-18H,1-6H3. The lowest BCUT2D eigenvalue weighted by Gasteiger charge is -2.14. The second-order valence-corrected chi connectivity index (χ2v) is 14.8. The summed E-state index contributed by atoms with van der Waals surface area (Å²) >= 11 is 0. The predicted molar refractivity (Wildman–Crippen MR) is 152 cm³/mol. The molecule has 0 saturated heterocycles. The smallest absolute Gasteiger partial charge is 0.0974 e. The van der Waals surface area contributed by atoms with Gasteiger partial charge in [-0.15, -0.1) is 0 Å². The van der Waals surface area contributed by atoms with Crippen LogP contribution in [0, 0.1) is 13.8 Å². The zero-order chi connectivity index (χ0) is 24.0. The molecule has 0 amide bonds. The summed E-state index contributed by atoms with van der Waals surface area (Å²) < 4.78 is 0. The van der Waals surface area contributed by atoms with Gasteiger partial charge in [-0.3, -0.25) is 9.97 Å². The van der Waals surface area contributed by atoms with Crippen LogP contribution in [0.15, 0.2) is 72.8 Å². The number of aryl methyl sites for hydroxylation is 2. The fourth-order valence-electron chi connectivity index (χ4n) is 4.68. The third kappa shape index (κ3) is 4.12. The molecule has 0 aliphatic carbocycles. The van der Waals surface area contributed by atoms with Crippen molar-refractivity contribution in [1.82, 2.24) is 9.97 Å². The molecule has 0 unspecified atom stereocenters. The van der Waals surface area contributed by atoms with Crippen LogP contribution in [0.4, 0.5) is 0 Å². The molecular weight excluding hydrogens is 445 g/mol. The zero-order valence-corrected chi connectivity index (χ0v) is 22.8. The first-order chi connectivity index (χ1) is 16.3. The lowest BCUT2D eigenvalue weighted by atomic mass is 9.95. The summed E-state index contributed by atoms with van der Waals surface area (Å²) in [6.45, 7) is 13.5. The molecule has 5 aromatic rings. The van der Waals surface area contributed by atoms with Crippen molar-refractivity contribution in [2.75, 3.05) is 0 Å². The monoisotopic (exact) mass is 474 g/mol. The van der Waals surface area contributed by atoms with Gasteiger partial charge in [0.15, 0.2) is 0 Å². The maximum atomic E-state index is 5.00. The third-order valence-electron chi connectivity index (χ3n) is 6.56. The van der Waals surface area contributed by atoms with E-state index in [9.17, 15) is 0 Å². The molecule has 5 rings (SSSR count). The number of benzene rings is 3. The minimum atomic E-state index is -0.453. The molecular formula is C30H30N2Si2. The van der Waals surface area contributed by atoms with Gasteiger partial charge >= 0.3 is 0 Å². The van der Waals surface area contributed by atoms with E-state index in [1.54, 1.807) is 0 Å². The molecule has 0 saturated carbocycles. The van der Waals surface area contributed by atoms with Crippen molar-refractivity contribution in [2.24, 2.45) is 0 Å². The van der Waals surface area contributed by atoms with Crippen LogP contribution in [0.2, 0.25) is 26.2 Å². The van der Waals surface area contributed by atoms with E-state index in [1.807, 2.05) is 0 Å². The summed E-state index contributed by atoms with van der Waals surface area (Å²) in [6, 6.07) is 27.1. The van der Waals surface area contributed by atoms with Crippen molar-refractivity contribution in [3.05, 3.63) is 84.2 Å². The molecule has 0 bridgehead atoms. The van der Waals surface area contributed by atoms with Crippen molar-refractivity contribution in [3.8, 4) is 22.3 Å². The Kier molecular flexibility index (Phi) is 5.96. The highest BCUT2D eigenvalue weighted by atomic mass is 28.3. The highest BCUT2D eigenvalue weighted by Gasteiger charge is 2.15. The first kappa shape index (κ1) is 22.7. The summed E-state index contributed by atoms with van der Waals surface area (Å²) in [4.78, 5) is 9.99. The maximum absolute atomic E-state index is 5.00. The van der Waals surface area contributed by atoms with Gasteiger partial charge in [0.25, 0.3) is 0 Å². The van der Waals surface area contributed by atoms with Gasteiger partial charge in [-0.05, 0) is 48.2 Å². The molecule has 0 spiro atoms. The second kappa shape index (κ2) is 8.93. The van der Waals surface area contributed by atoms with Crippen LogP contribution >= 0.6 is 0 Å². The number of pyridine rings is 2.